The largest absolute Gasteiger partial charge is 0.374 e. The van der Waals surface area contributed by atoms with Gasteiger partial charge in [0, 0.05) is 0 Å². The van der Waals surface area contributed by atoms with Gasteiger partial charge in [-0.05, 0) is 29.7 Å². The van der Waals surface area contributed by atoms with Crippen molar-refractivity contribution < 1.29 is 4.79 Å². The lowest BCUT2D eigenvalue weighted by atomic mass is 9.99. The second kappa shape index (κ2) is 5.00. The topological polar surface area (TPSA) is 32.3 Å². The number of benzene rings is 2. The number of carbonyl (C=O) groups is 1. The van der Waals surface area contributed by atoms with Gasteiger partial charge in [0.15, 0.2) is 0 Å². The summed E-state index contributed by atoms with van der Waals surface area (Å²) in [5, 5.41) is 3.17. The minimum Gasteiger partial charge on any atom is -0.374 e. The zero-order chi connectivity index (χ0) is 14.1. The summed E-state index contributed by atoms with van der Waals surface area (Å²) in [6, 6.07) is 16.1. The highest BCUT2D eigenvalue weighted by Gasteiger charge is 2.26. The Balaban J connectivity index is 2.17. The van der Waals surface area contributed by atoms with E-state index in [0.717, 1.165) is 17.1 Å². The summed E-state index contributed by atoms with van der Waals surface area (Å²) in [6.07, 6.45) is 0. The van der Waals surface area contributed by atoms with Gasteiger partial charge >= 0.3 is 0 Å². The van der Waals surface area contributed by atoms with E-state index in [1.807, 2.05) is 47.4 Å². The molecule has 0 atom stereocenters. The van der Waals surface area contributed by atoms with Crippen LogP contribution in [0.3, 0.4) is 0 Å². The lowest BCUT2D eigenvalue weighted by molar-refractivity contribution is -0.116. The molecular weight excluding hydrogens is 248 g/mol. The molecule has 1 aliphatic rings. The number of para-hydroxylation sites is 3. The van der Waals surface area contributed by atoms with E-state index in [2.05, 4.69) is 25.2 Å². The van der Waals surface area contributed by atoms with Crippen molar-refractivity contribution in [2.75, 3.05) is 16.8 Å². The highest BCUT2D eigenvalue weighted by Crippen LogP contribution is 2.38. The summed E-state index contributed by atoms with van der Waals surface area (Å²) in [5.74, 6) is 0.456. The molecule has 2 aromatic rings. The summed E-state index contributed by atoms with van der Waals surface area (Å²) < 4.78 is 0. The van der Waals surface area contributed by atoms with E-state index >= 15 is 0 Å². The van der Waals surface area contributed by atoms with Crippen LogP contribution < -0.4 is 10.2 Å². The molecule has 0 aliphatic carbocycles. The third-order valence-corrected chi connectivity index (χ3v) is 3.62. The van der Waals surface area contributed by atoms with Gasteiger partial charge in [-0.1, -0.05) is 44.2 Å². The van der Waals surface area contributed by atoms with Gasteiger partial charge in [-0.15, -0.1) is 0 Å². The highest BCUT2D eigenvalue weighted by atomic mass is 16.2. The van der Waals surface area contributed by atoms with Crippen LogP contribution in [0, 0.1) is 0 Å². The highest BCUT2D eigenvalue weighted by molar-refractivity contribution is 6.08. The second-order valence-electron chi connectivity index (χ2n) is 5.31. The molecule has 1 N–H and O–H groups in total. The van der Waals surface area contributed by atoms with Crippen molar-refractivity contribution >= 4 is 23.0 Å². The quantitative estimate of drug-likeness (QED) is 0.894. The van der Waals surface area contributed by atoms with Gasteiger partial charge in [0.1, 0.15) is 0 Å². The van der Waals surface area contributed by atoms with Gasteiger partial charge < -0.3 is 5.32 Å². The van der Waals surface area contributed by atoms with Crippen molar-refractivity contribution in [1.29, 1.82) is 0 Å². The monoisotopic (exact) mass is 266 g/mol. The van der Waals surface area contributed by atoms with Crippen LogP contribution in [0.25, 0.3) is 0 Å². The van der Waals surface area contributed by atoms with Crippen molar-refractivity contribution in [3.63, 3.8) is 0 Å². The van der Waals surface area contributed by atoms with Gasteiger partial charge in [-0.25, -0.2) is 0 Å². The average molecular weight is 266 g/mol. The van der Waals surface area contributed by atoms with Crippen molar-refractivity contribution in [3.8, 4) is 0 Å². The summed E-state index contributed by atoms with van der Waals surface area (Å²) in [5.41, 5.74) is 4.11. The van der Waals surface area contributed by atoms with Gasteiger partial charge in [0.2, 0.25) is 0 Å². The van der Waals surface area contributed by atoms with E-state index < -0.39 is 0 Å². The zero-order valence-electron chi connectivity index (χ0n) is 11.8. The van der Waals surface area contributed by atoms with E-state index in [9.17, 15) is 4.79 Å². The fraction of sp³-hybridized carbons (Fsp3) is 0.235. The summed E-state index contributed by atoms with van der Waals surface area (Å²) >= 11 is 0. The molecule has 0 radical (unpaired) electrons. The Kier molecular flexibility index (Phi) is 3.18. The average Bonchev–Trinajstić information content (AvgIpc) is 2.47. The SMILES string of the molecule is CC(C)c1ccccc1N1C(=O)CNc2ccccc21. The van der Waals surface area contributed by atoms with Crippen LogP contribution in [0.4, 0.5) is 17.1 Å². The Hall–Kier alpha value is -2.29. The zero-order valence-corrected chi connectivity index (χ0v) is 11.8. The van der Waals surface area contributed by atoms with Crippen molar-refractivity contribution in [3.05, 3.63) is 54.1 Å². The summed E-state index contributed by atoms with van der Waals surface area (Å²) in [4.78, 5) is 14.2. The fourth-order valence-electron chi connectivity index (χ4n) is 2.65. The molecular formula is C17H18N2O. The first-order chi connectivity index (χ1) is 9.68. The predicted octanol–water partition coefficient (Wildman–Crippen LogP) is 3.90. The number of hydrogen-bond acceptors (Lipinski definition) is 2. The van der Waals surface area contributed by atoms with Crippen molar-refractivity contribution in [1.82, 2.24) is 0 Å². The van der Waals surface area contributed by atoms with Gasteiger partial charge in [-0.3, -0.25) is 9.69 Å². The molecule has 0 aromatic heterocycles. The number of rotatable bonds is 2. The molecule has 0 saturated carbocycles. The lowest BCUT2D eigenvalue weighted by Gasteiger charge is -2.32. The molecule has 0 unspecified atom stereocenters. The first kappa shape index (κ1) is 12.7. The van der Waals surface area contributed by atoms with Crippen LogP contribution in [0.5, 0.6) is 0 Å². The first-order valence-corrected chi connectivity index (χ1v) is 6.93. The molecule has 2 aromatic carbocycles. The molecule has 3 rings (SSSR count). The standard InChI is InChI=1S/C17H18N2O/c1-12(2)13-7-3-5-9-15(13)19-16-10-6-4-8-14(16)18-11-17(19)20/h3-10,12,18H,11H2,1-2H3. The molecule has 0 fully saturated rings. The minimum atomic E-state index is 0.0804. The van der Waals surface area contributed by atoms with Gasteiger partial charge in [-0.2, -0.15) is 0 Å². The summed E-state index contributed by atoms with van der Waals surface area (Å²) in [6.45, 7) is 4.64. The van der Waals surface area contributed by atoms with E-state index in [1.54, 1.807) is 0 Å². The van der Waals surface area contributed by atoms with E-state index in [1.165, 1.54) is 5.56 Å². The molecule has 0 bridgehead atoms. The van der Waals surface area contributed by atoms with Crippen LogP contribution in [0.2, 0.25) is 0 Å². The number of carbonyl (C=O) groups excluding carboxylic acids is 1. The van der Waals surface area contributed by atoms with Crippen LogP contribution >= 0.6 is 0 Å². The number of hydrogen-bond donors (Lipinski definition) is 1. The maximum atomic E-state index is 12.4. The first-order valence-electron chi connectivity index (χ1n) is 6.93. The van der Waals surface area contributed by atoms with Crippen LogP contribution in [-0.2, 0) is 4.79 Å². The Morgan fingerprint density at radius 2 is 1.65 bits per heavy atom. The Labute approximate surface area is 119 Å². The molecule has 3 nitrogen and oxygen atoms in total. The third-order valence-electron chi connectivity index (χ3n) is 3.62. The number of nitrogens with one attached hydrogen (secondary N) is 1. The Morgan fingerprint density at radius 3 is 2.40 bits per heavy atom. The number of nitrogens with zero attached hydrogens (tertiary/aromatic N) is 1. The van der Waals surface area contributed by atoms with Crippen LogP contribution in [-0.4, -0.2) is 12.5 Å². The summed E-state index contributed by atoms with van der Waals surface area (Å²) in [7, 11) is 0. The van der Waals surface area contributed by atoms with Crippen molar-refractivity contribution in [2.24, 2.45) is 0 Å². The number of fused-ring (bicyclic) bond motifs is 1. The Bertz CT molecular complexity index is 649. The normalized spacial score (nSPS) is 14.2. The van der Waals surface area contributed by atoms with Crippen molar-refractivity contribution in [2.45, 2.75) is 19.8 Å². The molecule has 1 amide bonds. The molecule has 1 heterocycles. The lowest BCUT2D eigenvalue weighted by Crippen LogP contribution is -2.36. The predicted molar refractivity (Wildman–Crippen MR) is 82.6 cm³/mol. The third kappa shape index (κ3) is 2.05. The Morgan fingerprint density at radius 1 is 1.00 bits per heavy atom. The van der Waals surface area contributed by atoms with Crippen LogP contribution in [0.1, 0.15) is 25.3 Å². The maximum Gasteiger partial charge on any atom is 0.250 e. The number of anilines is 3. The molecule has 3 heteroatoms. The second-order valence-corrected chi connectivity index (χ2v) is 5.31. The smallest absolute Gasteiger partial charge is 0.250 e. The molecule has 0 saturated heterocycles. The molecule has 102 valence electrons. The minimum absolute atomic E-state index is 0.0804. The number of amides is 1. The van der Waals surface area contributed by atoms with Gasteiger partial charge in [0.25, 0.3) is 5.91 Å². The van der Waals surface area contributed by atoms with Crippen LogP contribution in [0.15, 0.2) is 48.5 Å². The van der Waals surface area contributed by atoms with Gasteiger partial charge in [0.05, 0.1) is 23.6 Å². The molecule has 0 spiro atoms. The molecule has 20 heavy (non-hydrogen) atoms. The fourth-order valence-corrected chi connectivity index (χ4v) is 2.65. The van der Waals surface area contributed by atoms with E-state index in [4.69, 9.17) is 0 Å². The van der Waals surface area contributed by atoms with E-state index in [-0.39, 0.29) is 5.91 Å². The maximum absolute atomic E-state index is 12.4. The molecule has 1 aliphatic heterocycles. The van der Waals surface area contributed by atoms with E-state index in [0.29, 0.717) is 12.5 Å².